The van der Waals surface area contributed by atoms with Gasteiger partial charge in [-0.1, -0.05) is 20.3 Å². The molecule has 0 aliphatic carbocycles. The molecule has 5 unspecified atom stereocenters. The number of nitrogens with zero attached hydrogens (tertiary/aromatic N) is 2. The quantitative estimate of drug-likeness (QED) is 0.377. The van der Waals surface area contributed by atoms with E-state index in [1.165, 1.54) is 4.90 Å². The van der Waals surface area contributed by atoms with E-state index in [4.69, 9.17) is 0 Å². The lowest BCUT2D eigenvalue weighted by molar-refractivity contribution is -0.144. The molecule has 5 atom stereocenters. The molecule has 39 heavy (non-hydrogen) atoms. The van der Waals surface area contributed by atoms with E-state index in [2.05, 4.69) is 26.2 Å². The molecule has 0 bridgehead atoms. The first-order chi connectivity index (χ1) is 18.8. The van der Waals surface area contributed by atoms with Gasteiger partial charge < -0.3 is 31.1 Å². The largest absolute Gasteiger partial charge is 0.369 e. The number of piperidine rings is 1. The van der Waals surface area contributed by atoms with Crippen molar-refractivity contribution in [2.45, 2.75) is 76.2 Å². The highest BCUT2D eigenvalue weighted by Crippen LogP contribution is 2.32. The number of hydrogen-bond acceptors (Lipinski definition) is 8. The zero-order valence-electron chi connectivity index (χ0n) is 23.1. The highest BCUT2D eigenvalue weighted by atomic mass is 16.2. The van der Waals surface area contributed by atoms with Gasteiger partial charge in [-0.25, -0.2) is 0 Å². The molecule has 0 aromatic heterocycles. The normalized spacial score (nSPS) is 27.9. The number of nitrogens with one attached hydrogen (secondary N) is 4. The highest BCUT2D eigenvalue weighted by molar-refractivity contribution is 6.02. The van der Waals surface area contributed by atoms with Crippen molar-refractivity contribution in [1.29, 1.82) is 0 Å². The lowest BCUT2D eigenvalue weighted by Crippen LogP contribution is -2.58. The number of carbonyl (C=O) groups is 4. The number of rotatable bonds is 8. The number of likely N-dealkylation sites (tertiary alicyclic amines) is 1. The highest BCUT2D eigenvalue weighted by Gasteiger charge is 2.54. The van der Waals surface area contributed by atoms with Crippen LogP contribution in [0, 0.1) is 5.92 Å². The van der Waals surface area contributed by atoms with E-state index in [-0.39, 0.29) is 47.9 Å². The predicted octanol–water partition coefficient (Wildman–Crippen LogP) is 0.462. The van der Waals surface area contributed by atoms with Crippen molar-refractivity contribution in [1.82, 2.24) is 26.2 Å². The summed E-state index contributed by atoms with van der Waals surface area (Å²) in [5.74, 6) is -0.639. The Morgan fingerprint density at radius 2 is 1.77 bits per heavy atom. The topological polar surface area (TPSA) is 123 Å². The number of fused-ring (bicyclic) bond motifs is 1. The van der Waals surface area contributed by atoms with Crippen LogP contribution < -0.4 is 26.2 Å². The molecule has 4 N–H and O–H groups in total. The van der Waals surface area contributed by atoms with Crippen molar-refractivity contribution in [3.8, 4) is 0 Å². The van der Waals surface area contributed by atoms with Gasteiger partial charge in [0.1, 0.15) is 12.1 Å². The van der Waals surface area contributed by atoms with Crippen LogP contribution in [-0.2, 0) is 14.4 Å². The monoisotopic (exact) mass is 538 g/mol. The Balaban J connectivity index is 1.34. The Morgan fingerprint density at radius 3 is 2.44 bits per heavy atom. The van der Waals surface area contributed by atoms with Gasteiger partial charge in [0.05, 0.1) is 18.6 Å². The van der Waals surface area contributed by atoms with Crippen LogP contribution in [0.25, 0.3) is 0 Å². The maximum absolute atomic E-state index is 14.1. The number of piperazine rings is 1. The summed E-state index contributed by atoms with van der Waals surface area (Å²) in [5, 5.41) is 12.8. The Labute approximate surface area is 230 Å². The molecule has 10 heteroatoms. The summed E-state index contributed by atoms with van der Waals surface area (Å²) in [6.07, 6.45) is 3.58. The molecule has 0 saturated carbocycles. The summed E-state index contributed by atoms with van der Waals surface area (Å²) < 4.78 is 0. The number of hydrogen-bond donors (Lipinski definition) is 4. The van der Waals surface area contributed by atoms with Crippen LogP contribution in [0.2, 0.25) is 0 Å². The summed E-state index contributed by atoms with van der Waals surface area (Å²) in [7, 11) is 0. The molecule has 2 amide bonds. The predicted molar refractivity (Wildman–Crippen MR) is 149 cm³/mol. The minimum absolute atomic E-state index is 0.0230. The Bertz CT molecular complexity index is 1060. The number of ketones is 2. The van der Waals surface area contributed by atoms with E-state index in [0.717, 1.165) is 57.7 Å². The maximum Gasteiger partial charge on any atom is 0.251 e. The van der Waals surface area contributed by atoms with Crippen molar-refractivity contribution in [2.75, 3.05) is 44.2 Å². The molecule has 0 spiro atoms. The zero-order chi connectivity index (χ0) is 27.5. The SMILES string of the molecule is CC(C)CC(NC(=O)c1ccc(N2CCNCC2)cc1)C(=O)N1C(C(=O)C2CCCCN2)CC2NCC(=O)C21. The third-order valence-corrected chi connectivity index (χ3v) is 8.52. The van der Waals surface area contributed by atoms with Crippen LogP contribution in [-0.4, -0.2) is 97.8 Å². The minimum Gasteiger partial charge on any atom is -0.369 e. The smallest absolute Gasteiger partial charge is 0.251 e. The summed E-state index contributed by atoms with van der Waals surface area (Å²) in [4.78, 5) is 57.8. The molecular formula is C29H42N6O4. The van der Waals surface area contributed by atoms with Gasteiger partial charge in [-0.15, -0.1) is 0 Å². The third-order valence-electron chi connectivity index (χ3n) is 8.52. The fraction of sp³-hybridized carbons (Fsp3) is 0.655. The van der Waals surface area contributed by atoms with Gasteiger partial charge in [0.2, 0.25) is 5.91 Å². The van der Waals surface area contributed by atoms with E-state index >= 15 is 0 Å². The maximum atomic E-state index is 14.1. The Morgan fingerprint density at radius 1 is 1.03 bits per heavy atom. The van der Waals surface area contributed by atoms with Crippen LogP contribution in [0.3, 0.4) is 0 Å². The second-order valence-electron chi connectivity index (χ2n) is 11.7. The standard InChI is InChI=1S/C29H42N6O4/c1-18(2)15-23(33-28(38)19-6-8-20(9-7-19)34-13-11-30-12-14-34)29(39)35-24(16-22-26(35)25(36)17-32-22)27(37)21-5-3-4-10-31-21/h6-9,18,21-24,26,30-32H,3-5,10-17H2,1-2H3,(H,33,38). The average molecular weight is 539 g/mol. The Hall–Kier alpha value is -2.82. The van der Waals surface area contributed by atoms with E-state index in [9.17, 15) is 19.2 Å². The number of carbonyl (C=O) groups excluding carboxylic acids is 4. The minimum atomic E-state index is -0.827. The molecular weight excluding hydrogens is 496 g/mol. The molecule has 4 saturated heterocycles. The number of Topliss-reactive ketones (excluding diaryl/α,β-unsaturated/α-hetero) is 2. The first-order valence-corrected chi connectivity index (χ1v) is 14.6. The lowest BCUT2D eigenvalue weighted by atomic mass is 9.94. The van der Waals surface area contributed by atoms with E-state index in [1.54, 1.807) is 12.1 Å². The molecule has 5 rings (SSSR count). The molecule has 1 aromatic carbocycles. The van der Waals surface area contributed by atoms with Gasteiger partial charge in [-0.05, 0) is 62.4 Å². The molecule has 4 aliphatic heterocycles. The molecule has 1 aromatic rings. The number of anilines is 1. The number of benzene rings is 1. The summed E-state index contributed by atoms with van der Waals surface area (Å²) in [6.45, 7) is 8.66. The number of amides is 2. The lowest BCUT2D eigenvalue weighted by Gasteiger charge is -2.34. The van der Waals surface area contributed by atoms with E-state index < -0.39 is 18.1 Å². The molecule has 10 nitrogen and oxygen atoms in total. The van der Waals surface area contributed by atoms with Gasteiger partial charge in [-0.3, -0.25) is 19.2 Å². The first kappa shape index (κ1) is 27.7. The third kappa shape index (κ3) is 6.02. The van der Waals surface area contributed by atoms with E-state index in [0.29, 0.717) is 18.4 Å². The average Bonchev–Trinajstić information content (AvgIpc) is 3.52. The van der Waals surface area contributed by atoms with Crippen molar-refractivity contribution in [3.05, 3.63) is 29.8 Å². The van der Waals surface area contributed by atoms with Crippen LogP contribution in [0.1, 0.15) is 56.3 Å². The van der Waals surface area contributed by atoms with Crippen molar-refractivity contribution >= 4 is 29.1 Å². The van der Waals surface area contributed by atoms with Crippen molar-refractivity contribution < 1.29 is 19.2 Å². The van der Waals surface area contributed by atoms with Crippen molar-refractivity contribution in [3.63, 3.8) is 0 Å². The fourth-order valence-electron chi connectivity index (χ4n) is 6.51. The summed E-state index contributed by atoms with van der Waals surface area (Å²) >= 11 is 0. The van der Waals surface area contributed by atoms with Gasteiger partial charge in [0.15, 0.2) is 11.6 Å². The van der Waals surface area contributed by atoms with Crippen LogP contribution in [0.4, 0.5) is 5.69 Å². The summed E-state index contributed by atoms with van der Waals surface area (Å²) in [5.41, 5.74) is 1.54. The van der Waals surface area contributed by atoms with Gasteiger partial charge in [-0.2, -0.15) is 0 Å². The van der Waals surface area contributed by atoms with Gasteiger partial charge in [0.25, 0.3) is 5.91 Å². The van der Waals surface area contributed by atoms with Crippen LogP contribution in [0.15, 0.2) is 24.3 Å². The molecule has 4 aliphatic rings. The molecule has 4 heterocycles. The van der Waals surface area contributed by atoms with Gasteiger partial charge in [0, 0.05) is 43.5 Å². The molecule has 212 valence electrons. The first-order valence-electron chi connectivity index (χ1n) is 14.6. The fourth-order valence-corrected chi connectivity index (χ4v) is 6.51. The van der Waals surface area contributed by atoms with Crippen LogP contribution >= 0.6 is 0 Å². The summed E-state index contributed by atoms with van der Waals surface area (Å²) in [6, 6.07) is 4.77. The molecule has 0 radical (unpaired) electrons. The van der Waals surface area contributed by atoms with Gasteiger partial charge >= 0.3 is 0 Å². The second kappa shape index (κ2) is 12.1. The molecule has 4 fully saturated rings. The second-order valence-corrected chi connectivity index (χ2v) is 11.7. The van der Waals surface area contributed by atoms with E-state index in [1.807, 2.05) is 26.0 Å². The Kier molecular flexibility index (Phi) is 8.64. The zero-order valence-corrected chi connectivity index (χ0v) is 23.1. The van der Waals surface area contributed by atoms with Crippen LogP contribution in [0.5, 0.6) is 0 Å². The van der Waals surface area contributed by atoms with Crippen molar-refractivity contribution in [2.24, 2.45) is 5.92 Å².